The number of aryl methyl sites for hydroxylation is 1. The molecule has 2 amide bonds. The molecule has 0 heterocycles. The van der Waals surface area contributed by atoms with Crippen LogP contribution in [0.5, 0.6) is 5.75 Å². The van der Waals surface area contributed by atoms with Gasteiger partial charge in [-0.2, -0.15) is 8.78 Å². The van der Waals surface area contributed by atoms with Crippen molar-refractivity contribution in [3.05, 3.63) is 29.3 Å². The van der Waals surface area contributed by atoms with Crippen molar-refractivity contribution in [3.8, 4) is 5.75 Å². The molecule has 2 atom stereocenters. The average Bonchev–Trinajstić information content (AvgIpc) is 2.44. The van der Waals surface area contributed by atoms with Gasteiger partial charge in [0.25, 0.3) is 0 Å². The molecular formula is C16H24F2N2O3. The number of benzene rings is 1. The van der Waals surface area contributed by atoms with E-state index in [1.54, 1.807) is 19.1 Å². The normalized spacial score (nSPS) is 13.5. The van der Waals surface area contributed by atoms with Gasteiger partial charge in [-0.05, 0) is 32.3 Å². The molecule has 3 N–H and O–H groups in total. The quantitative estimate of drug-likeness (QED) is 0.686. The van der Waals surface area contributed by atoms with Gasteiger partial charge < -0.3 is 20.5 Å². The molecule has 0 radical (unpaired) electrons. The van der Waals surface area contributed by atoms with E-state index < -0.39 is 18.7 Å². The average molecular weight is 330 g/mol. The second kappa shape index (κ2) is 9.29. The maximum atomic E-state index is 12.4. The van der Waals surface area contributed by atoms with Gasteiger partial charge in [-0.25, -0.2) is 4.79 Å². The molecule has 0 aliphatic heterocycles. The molecule has 0 spiro atoms. The van der Waals surface area contributed by atoms with Crippen LogP contribution in [0.2, 0.25) is 0 Å². The van der Waals surface area contributed by atoms with Crippen LogP contribution < -0.4 is 15.4 Å². The standard InChI is InChI=1S/C16H24F2N2O3/c1-10-4-5-14(23-15(17)18)13(7-10)9-20-16(22)19-8-11(2)6-12(3)21/h4-5,7,11-12,15,21H,6,8-9H2,1-3H3,(H2,19,20,22). The van der Waals surface area contributed by atoms with Crippen LogP contribution >= 0.6 is 0 Å². The smallest absolute Gasteiger partial charge is 0.387 e. The van der Waals surface area contributed by atoms with E-state index >= 15 is 0 Å². The summed E-state index contributed by atoms with van der Waals surface area (Å²) in [5.41, 5.74) is 1.37. The molecule has 0 saturated carbocycles. The number of ether oxygens (including phenoxy) is 1. The number of nitrogens with one attached hydrogen (secondary N) is 2. The summed E-state index contributed by atoms with van der Waals surface area (Å²) >= 11 is 0. The molecule has 1 aromatic rings. The number of halogens is 2. The number of alkyl halides is 2. The topological polar surface area (TPSA) is 70.6 Å². The first kappa shape index (κ1) is 19.2. The van der Waals surface area contributed by atoms with Gasteiger partial charge in [0, 0.05) is 18.7 Å². The second-order valence-corrected chi connectivity index (χ2v) is 5.74. The molecule has 1 aromatic carbocycles. The molecule has 0 fully saturated rings. The van der Waals surface area contributed by atoms with E-state index in [0.29, 0.717) is 18.5 Å². The van der Waals surface area contributed by atoms with Crippen molar-refractivity contribution in [3.63, 3.8) is 0 Å². The number of rotatable bonds is 8. The molecule has 0 aromatic heterocycles. The fraction of sp³-hybridized carbons (Fsp3) is 0.562. The predicted molar refractivity (Wildman–Crippen MR) is 83.5 cm³/mol. The fourth-order valence-electron chi connectivity index (χ4n) is 2.23. The lowest BCUT2D eigenvalue weighted by Crippen LogP contribution is -2.38. The van der Waals surface area contributed by atoms with E-state index in [-0.39, 0.29) is 18.2 Å². The van der Waals surface area contributed by atoms with E-state index in [1.165, 1.54) is 6.07 Å². The van der Waals surface area contributed by atoms with Crippen molar-refractivity contribution in [2.75, 3.05) is 6.54 Å². The lowest BCUT2D eigenvalue weighted by Gasteiger charge is -2.15. The van der Waals surface area contributed by atoms with Gasteiger partial charge in [-0.15, -0.1) is 0 Å². The van der Waals surface area contributed by atoms with Crippen LogP contribution in [-0.4, -0.2) is 30.4 Å². The van der Waals surface area contributed by atoms with Crippen molar-refractivity contribution < 1.29 is 23.4 Å². The van der Waals surface area contributed by atoms with Gasteiger partial charge in [-0.1, -0.05) is 24.6 Å². The Morgan fingerprint density at radius 2 is 2.00 bits per heavy atom. The van der Waals surface area contributed by atoms with Crippen LogP contribution in [0.1, 0.15) is 31.4 Å². The number of amides is 2. The summed E-state index contributed by atoms with van der Waals surface area (Å²) in [5, 5.41) is 14.6. The van der Waals surface area contributed by atoms with Gasteiger partial charge in [0.05, 0.1) is 6.10 Å². The molecule has 0 aliphatic carbocycles. The summed E-state index contributed by atoms with van der Waals surface area (Å²) in [6.07, 6.45) is 0.168. The third kappa shape index (κ3) is 7.78. The maximum Gasteiger partial charge on any atom is 0.387 e. The Bertz CT molecular complexity index is 510. The van der Waals surface area contributed by atoms with E-state index in [0.717, 1.165) is 5.56 Å². The summed E-state index contributed by atoms with van der Waals surface area (Å²) in [6.45, 7) is 3.03. The van der Waals surface area contributed by atoms with Gasteiger partial charge >= 0.3 is 12.6 Å². The van der Waals surface area contributed by atoms with E-state index in [2.05, 4.69) is 15.4 Å². The Hall–Kier alpha value is -1.89. The van der Waals surface area contributed by atoms with Crippen LogP contribution in [0.15, 0.2) is 18.2 Å². The SMILES string of the molecule is Cc1ccc(OC(F)F)c(CNC(=O)NCC(C)CC(C)O)c1. The maximum absolute atomic E-state index is 12.4. The Morgan fingerprint density at radius 1 is 1.30 bits per heavy atom. The molecule has 0 saturated heterocycles. The van der Waals surface area contributed by atoms with Crippen molar-refractivity contribution in [1.29, 1.82) is 0 Å². The number of hydrogen-bond donors (Lipinski definition) is 3. The van der Waals surface area contributed by atoms with Gasteiger partial charge in [0.2, 0.25) is 0 Å². The lowest BCUT2D eigenvalue weighted by atomic mass is 10.1. The van der Waals surface area contributed by atoms with E-state index in [4.69, 9.17) is 0 Å². The monoisotopic (exact) mass is 330 g/mol. The summed E-state index contributed by atoms with van der Waals surface area (Å²) in [7, 11) is 0. The molecule has 130 valence electrons. The van der Waals surface area contributed by atoms with E-state index in [1.807, 2.05) is 13.8 Å². The Morgan fingerprint density at radius 3 is 2.61 bits per heavy atom. The van der Waals surface area contributed by atoms with Crippen molar-refractivity contribution in [2.45, 2.75) is 46.5 Å². The zero-order valence-corrected chi connectivity index (χ0v) is 13.6. The van der Waals surface area contributed by atoms with Crippen molar-refractivity contribution in [2.24, 2.45) is 5.92 Å². The highest BCUT2D eigenvalue weighted by atomic mass is 19.3. The summed E-state index contributed by atoms with van der Waals surface area (Å²) in [6, 6.07) is 4.42. The van der Waals surface area contributed by atoms with Gasteiger partial charge in [0.1, 0.15) is 5.75 Å². The van der Waals surface area contributed by atoms with E-state index in [9.17, 15) is 18.7 Å². The number of aliphatic hydroxyl groups excluding tert-OH is 1. The molecule has 7 heteroatoms. The van der Waals surface area contributed by atoms with Crippen LogP contribution in [0.4, 0.5) is 13.6 Å². The third-order valence-corrected chi connectivity index (χ3v) is 3.23. The first-order valence-corrected chi connectivity index (χ1v) is 7.52. The molecule has 0 bridgehead atoms. The molecule has 23 heavy (non-hydrogen) atoms. The number of carbonyl (C=O) groups excluding carboxylic acids is 1. The predicted octanol–water partition coefficient (Wildman–Crippen LogP) is 2.80. The highest BCUT2D eigenvalue weighted by Crippen LogP contribution is 2.21. The van der Waals surface area contributed by atoms with Gasteiger partial charge in [-0.3, -0.25) is 0 Å². The molecular weight excluding hydrogens is 306 g/mol. The summed E-state index contributed by atoms with van der Waals surface area (Å²) in [4.78, 5) is 11.8. The first-order chi connectivity index (χ1) is 10.8. The summed E-state index contributed by atoms with van der Waals surface area (Å²) in [5.74, 6) is 0.186. The van der Waals surface area contributed by atoms with Crippen LogP contribution in [0, 0.1) is 12.8 Å². The highest BCUT2D eigenvalue weighted by Gasteiger charge is 2.12. The number of carbonyl (C=O) groups is 1. The van der Waals surface area contributed by atoms with Gasteiger partial charge in [0.15, 0.2) is 0 Å². The zero-order chi connectivity index (χ0) is 17.4. The van der Waals surface area contributed by atoms with Crippen molar-refractivity contribution >= 4 is 6.03 Å². The number of aliphatic hydroxyl groups is 1. The minimum atomic E-state index is -2.91. The zero-order valence-electron chi connectivity index (χ0n) is 13.6. The highest BCUT2D eigenvalue weighted by molar-refractivity contribution is 5.73. The molecule has 2 unspecified atom stereocenters. The van der Waals surface area contributed by atoms with Crippen LogP contribution in [0.25, 0.3) is 0 Å². The Kier molecular flexibility index (Phi) is 7.74. The van der Waals surface area contributed by atoms with Crippen LogP contribution in [-0.2, 0) is 6.54 Å². The third-order valence-electron chi connectivity index (χ3n) is 3.23. The fourth-order valence-corrected chi connectivity index (χ4v) is 2.23. The number of urea groups is 1. The molecule has 1 rings (SSSR count). The Labute approximate surface area is 135 Å². The molecule has 0 aliphatic rings. The second-order valence-electron chi connectivity index (χ2n) is 5.74. The minimum absolute atomic E-state index is 0.0494. The molecule has 5 nitrogen and oxygen atoms in total. The van der Waals surface area contributed by atoms with Crippen LogP contribution in [0.3, 0.4) is 0 Å². The number of hydrogen-bond acceptors (Lipinski definition) is 3. The van der Waals surface area contributed by atoms with Crippen molar-refractivity contribution in [1.82, 2.24) is 10.6 Å². The largest absolute Gasteiger partial charge is 0.434 e. The minimum Gasteiger partial charge on any atom is -0.434 e. The first-order valence-electron chi connectivity index (χ1n) is 7.52. The summed E-state index contributed by atoms with van der Waals surface area (Å²) < 4.78 is 29.2. The lowest BCUT2D eigenvalue weighted by molar-refractivity contribution is -0.0504. The Balaban J connectivity index is 2.50.